The number of halogens is 2. The van der Waals surface area contributed by atoms with Gasteiger partial charge in [0.25, 0.3) is 0 Å². The van der Waals surface area contributed by atoms with Gasteiger partial charge in [-0.05, 0) is 24.3 Å². The van der Waals surface area contributed by atoms with Gasteiger partial charge in [0, 0.05) is 17.1 Å². The average Bonchev–Trinajstić information content (AvgIpc) is 2.88. The standard InChI is InChI=1S/2C5H3ClO2S.Fe/c2*6-4-2-1-3(9-4)5(7)8;/h2*1-2H,(H,7,8);. The van der Waals surface area contributed by atoms with Crippen molar-refractivity contribution in [2.75, 3.05) is 0 Å². The van der Waals surface area contributed by atoms with Crippen molar-refractivity contribution in [2.45, 2.75) is 0 Å². The maximum atomic E-state index is 10.2. The van der Waals surface area contributed by atoms with Crippen LogP contribution in [0, 0.1) is 0 Å². The number of hydrogen-bond donors (Lipinski definition) is 2. The number of thiophene rings is 2. The number of carbonyl (C=O) groups is 2. The second-order valence-corrected chi connectivity index (χ2v) is 6.25. The van der Waals surface area contributed by atoms with Gasteiger partial charge in [-0.15, -0.1) is 22.7 Å². The summed E-state index contributed by atoms with van der Waals surface area (Å²) in [7, 11) is 0. The molecule has 2 N–H and O–H groups in total. The minimum atomic E-state index is -0.924. The number of carboxylic acids is 2. The second-order valence-electron chi connectivity index (χ2n) is 2.82. The monoisotopic (exact) mass is 380 g/mol. The number of rotatable bonds is 2. The second kappa shape index (κ2) is 8.58. The summed E-state index contributed by atoms with van der Waals surface area (Å²) in [6.07, 6.45) is 0. The SMILES string of the molecule is O=C(O)c1ccc(Cl)s1.O=C(O)c1ccc(Cl)s1.[Fe]. The Hall–Kier alpha value is -0.561. The smallest absolute Gasteiger partial charge is 0.345 e. The number of hydrogen-bond acceptors (Lipinski definition) is 4. The Kier molecular flexibility index (Phi) is 8.33. The van der Waals surface area contributed by atoms with Crippen molar-refractivity contribution in [3.63, 3.8) is 0 Å². The fourth-order valence-electron chi connectivity index (χ4n) is 0.858. The minimum absolute atomic E-state index is 0. The topological polar surface area (TPSA) is 74.6 Å². The van der Waals surface area contributed by atoms with E-state index in [2.05, 4.69) is 0 Å². The summed E-state index contributed by atoms with van der Waals surface area (Å²) in [6.45, 7) is 0. The molecule has 0 bridgehead atoms. The Labute approximate surface area is 137 Å². The molecule has 2 heterocycles. The molecular formula is C10H6Cl2FeO4S2. The summed E-state index contributed by atoms with van der Waals surface area (Å²) in [5.41, 5.74) is 0. The van der Waals surface area contributed by atoms with E-state index < -0.39 is 11.9 Å². The molecule has 0 amide bonds. The molecule has 9 heteroatoms. The Morgan fingerprint density at radius 2 is 1.16 bits per heavy atom. The van der Waals surface area contributed by atoms with Gasteiger partial charge in [0.05, 0.1) is 8.67 Å². The Morgan fingerprint density at radius 3 is 1.26 bits per heavy atom. The van der Waals surface area contributed by atoms with E-state index >= 15 is 0 Å². The minimum Gasteiger partial charge on any atom is -0.477 e. The van der Waals surface area contributed by atoms with Crippen LogP contribution in [0.1, 0.15) is 19.3 Å². The Bertz CT molecular complexity index is 517. The first-order chi connectivity index (χ1) is 8.40. The van der Waals surface area contributed by atoms with Crippen molar-refractivity contribution in [1.82, 2.24) is 0 Å². The molecule has 0 aliphatic heterocycles. The van der Waals surface area contributed by atoms with Crippen molar-refractivity contribution < 1.29 is 36.9 Å². The molecule has 4 nitrogen and oxygen atoms in total. The van der Waals surface area contributed by atoms with Gasteiger partial charge in [-0.1, -0.05) is 23.2 Å². The van der Waals surface area contributed by atoms with Crippen LogP contribution in [0.15, 0.2) is 24.3 Å². The van der Waals surface area contributed by atoms with Crippen molar-refractivity contribution >= 4 is 57.8 Å². The molecule has 104 valence electrons. The van der Waals surface area contributed by atoms with Gasteiger partial charge in [0.2, 0.25) is 0 Å². The first kappa shape index (κ1) is 18.4. The average molecular weight is 381 g/mol. The van der Waals surface area contributed by atoms with Gasteiger partial charge in [0.1, 0.15) is 9.75 Å². The quantitative estimate of drug-likeness (QED) is 0.765. The van der Waals surface area contributed by atoms with E-state index in [0.29, 0.717) is 8.67 Å². The van der Waals surface area contributed by atoms with Gasteiger partial charge >= 0.3 is 11.9 Å². The molecule has 19 heavy (non-hydrogen) atoms. The van der Waals surface area contributed by atoms with Crippen LogP contribution < -0.4 is 0 Å². The van der Waals surface area contributed by atoms with Gasteiger partial charge < -0.3 is 10.2 Å². The zero-order valence-electron chi connectivity index (χ0n) is 8.95. The van der Waals surface area contributed by atoms with Gasteiger partial charge in [-0.3, -0.25) is 0 Å². The first-order valence-electron chi connectivity index (χ1n) is 4.37. The zero-order chi connectivity index (χ0) is 13.7. The molecule has 0 radical (unpaired) electrons. The van der Waals surface area contributed by atoms with Crippen LogP contribution in [0.5, 0.6) is 0 Å². The normalized spacial score (nSPS) is 8.95. The predicted molar refractivity (Wildman–Crippen MR) is 72.6 cm³/mol. The molecule has 0 unspecified atom stereocenters. The van der Waals surface area contributed by atoms with Gasteiger partial charge in [-0.2, -0.15) is 0 Å². The molecule has 2 aromatic heterocycles. The summed E-state index contributed by atoms with van der Waals surface area (Å²) in [4.78, 5) is 20.9. The van der Waals surface area contributed by atoms with Gasteiger partial charge in [-0.25, -0.2) is 9.59 Å². The van der Waals surface area contributed by atoms with Crippen LogP contribution in [0.3, 0.4) is 0 Å². The summed E-state index contributed by atoms with van der Waals surface area (Å²) in [6, 6.07) is 6.09. The predicted octanol–water partition coefficient (Wildman–Crippen LogP) is 4.20. The molecule has 2 aromatic rings. The van der Waals surface area contributed by atoms with Crippen LogP contribution in [0.2, 0.25) is 8.67 Å². The van der Waals surface area contributed by atoms with E-state index in [0.717, 1.165) is 22.7 Å². The van der Waals surface area contributed by atoms with E-state index in [-0.39, 0.29) is 26.8 Å². The zero-order valence-corrected chi connectivity index (χ0v) is 13.2. The van der Waals surface area contributed by atoms with Crippen LogP contribution in [-0.4, -0.2) is 22.2 Å². The van der Waals surface area contributed by atoms with Crippen molar-refractivity contribution in [3.05, 3.63) is 42.7 Å². The molecule has 0 fully saturated rings. The molecule has 2 rings (SSSR count). The summed E-state index contributed by atoms with van der Waals surface area (Å²) in [5, 5.41) is 16.7. The van der Waals surface area contributed by atoms with E-state index in [1.54, 1.807) is 12.1 Å². The summed E-state index contributed by atoms with van der Waals surface area (Å²) < 4.78 is 1.01. The molecule has 0 saturated carbocycles. The molecule has 0 atom stereocenters. The third-order valence-corrected chi connectivity index (χ3v) is 4.01. The maximum absolute atomic E-state index is 10.2. The number of aromatic carboxylic acids is 2. The molecule has 0 saturated heterocycles. The van der Waals surface area contributed by atoms with Crippen LogP contribution in [0.25, 0.3) is 0 Å². The largest absolute Gasteiger partial charge is 0.477 e. The summed E-state index contributed by atoms with van der Waals surface area (Å²) >= 11 is 13.0. The summed E-state index contributed by atoms with van der Waals surface area (Å²) in [5.74, 6) is -1.85. The molecule has 0 spiro atoms. The Morgan fingerprint density at radius 1 is 0.842 bits per heavy atom. The fraction of sp³-hybridized carbons (Fsp3) is 0. The van der Waals surface area contributed by atoms with Crippen LogP contribution in [0.4, 0.5) is 0 Å². The van der Waals surface area contributed by atoms with E-state index in [4.69, 9.17) is 33.4 Å². The van der Waals surface area contributed by atoms with Crippen molar-refractivity contribution in [2.24, 2.45) is 0 Å². The molecular weight excluding hydrogens is 375 g/mol. The molecule has 0 aliphatic carbocycles. The fourth-order valence-corrected chi connectivity index (χ4v) is 2.62. The van der Waals surface area contributed by atoms with E-state index in [1.807, 2.05) is 0 Å². The van der Waals surface area contributed by atoms with E-state index in [9.17, 15) is 9.59 Å². The number of carboxylic acid groups (broad SMARTS) is 2. The van der Waals surface area contributed by atoms with Crippen molar-refractivity contribution in [1.29, 1.82) is 0 Å². The van der Waals surface area contributed by atoms with Crippen LogP contribution in [-0.2, 0) is 17.1 Å². The van der Waals surface area contributed by atoms with Crippen LogP contribution >= 0.6 is 45.9 Å². The van der Waals surface area contributed by atoms with E-state index in [1.165, 1.54) is 12.1 Å². The molecule has 0 aromatic carbocycles. The van der Waals surface area contributed by atoms with Crippen molar-refractivity contribution in [3.8, 4) is 0 Å². The first-order valence-corrected chi connectivity index (χ1v) is 6.76. The molecule has 0 aliphatic rings. The third-order valence-electron chi connectivity index (χ3n) is 1.57. The third kappa shape index (κ3) is 6.42. The maximum Gasteiger partial charge on any atom is 0.345 e. The van der Waals surface area contributed by atoms with Gasteiger partial charge in [0.15, 0.2) is 0 Å². The Balaban J connectivity index is 0.000000324.